The van der Waals surface area contributed by atoms with Crippen molar-refractivity contribution in [3.63, 3.8) is 0 Å². The number of unbranched alkanes of at least 4 members (excludes halogenated alkanes) is 2. The van der Waals surface area contributed by atoms with Crippen molar-refractivity contribution in [1.29, 1.82) is 0 Å². The van der Waals surface area contributed by atoms with E-state index in [9.17, 15) is 14.4 Å². The minimum absolute atomic E-state index is 0.0656. The number of amides is 3. The highest BCUT2D eigenvalue weighted by atomic mass is 16.2. The molecule has 2 aliphatic rings. The molecule has 0 radical (unpaired) electrons. The zero-order valence-electron chi connectivity index (χ0n) is 29.2. The average Bonchev–Trinajstić information content (AvgIpc) is 3.88. The number of anilines is 1. The summed E-state index contributed by atoms with van der Waals surface area (Å²) >= 11 is 0. The lowest BCUT2D eigenvalue weighted by Crippen LogP contribution is -2.36. The first-order valence-electron chi connectivity index (χ1n) is 17.5. The van der Waals surface area contributed by atoms with E-state index in [-0.39, 0.29) is 17.7 Å². The number of rotatable bonds is 12. The molecular formula is C40H49N5O4. The predicted molar refractivity (Wildman–Crippen MR) is 193 cm³/mol. The third-order valence-electron chi connectivity index (χ3n) is 9.60. The topological polar surface area (TPSA) is 108 Å². The smallest absolute Gasteiger partial charge is 0.274 e. The van der Waals surface area contributed by atoms with Gasteiger partial charge in [0.25, 0.3) is 11.8 Å². The normalized spacial score (nSPS) is 14.3. The zero-order valence-corrected chi connectivity index (χ0v) is 29.2. The Bertz CT molecular complexity index is 1750. The summed E-state index contributed by atoms with van der Waals surface area (Å²) in [5, 5.41) is 14.9. The minimum atomic E-state index is -0.546. The van der Waals surface area contributed by atoms with Crippen molar-refractivity contribution in [1.82, 2.24) is 19.6 Å². The Labute approximate surface area is 289 Å². The number of hydrogen-bond donors (Lipinski definition) is 2. The van der Waals surface area contributed by atoms with Crippen molar-refractivity contribution in [3.05, 3.63) is 113 Å². The summed E-state index contributed by atoms with van der Waals surface area (Å²) in [6.45, 7) is 8.64. The summed E-state index contributed by atoms with van der Waals surface area (Å²) in [5.74, 6) is -0.289. The fourth-order valence-electron chi connectivity index (χ4n) is 6.59. The molecule has 1 aromatic heterocycles. The van der Waals surface area contributed by atoms with Crippen LogP contribution in [-0.4, -0.2) is 69.2 Å². The number of carbonyl (C=O) groups is 3. The van der Waals surface area contributed by atoms with E-state index in [1.54, 1.807) is 10.7 Å². The van der Waals surface area contributed by atoms with Crippen molar-refractivity contribution in [2.75, 3.05) is 32.1 Å². The molecule has 2 N–H and O–H groups in total. The van der Waals surface area contributed by atoms with Crippen molar-refractivity contribution in [3.8, 4) is 5.69 Å². The Balaban J connectivity index is 0.00000230. The van der Waals surface area contributed by atoms with Gasteiger partial charge in [-0.1, -0.05) is 81.3 Å². The molecule has 9 heteroatoms. The van der Waals surface area contributed by atoms with Crippen LogP contribution in [0.1, 0.15) is 95.6 Å². The summed E-state index contributed by atoms with van der Waals surface area (Å²) in [6, 6.07) is 25.4. The molecule has 4 aromatic rings. The Kier molecular flexibility index (Phi) is 11.7. The third kappa shape index (κ3) is 7.78. The molecule has 1 fully saturated rings. The Morgan fingerprint density at radius 2 is 1.53 bits per heavy atom. The Morgan fingerprint density at radius 3 is 2.18 bits per heavy atom. The molecule has 0 unspecified atom stereocenters. The maximum absolute atomic E-state index is 14.4. The quantitative estimate of drug-likeness (QED) is 0.175. The van der Waals surface area contributed by atoms with Crippen LogP contribution in [0.15, 0.2) is 78.9 Å². The number of nitrogens with zero attached hydrogens (tertiary/aromatic N) is 4. The first-order chi connectivity index (χ1) is 23.8. The number of nitrogens with one attached hydrogen (secondary N) is 1. The number of hydrogen-bond acceptors (Lipinski definition) is 5. The van der Waals surface area contributed by atoms with E-state index >= 15 is 0 Å². The molecule has 49 heavy (non-hydrogen) atoms. The second-order valence-electron chi connectivity index (χ2n) is 13.0. The maximum atomic E-state index is 14.4. The third-order valence-corrected chi connectivity index (χ3v) is 9.60. The van der Waals surface area contributed by atoms with Crippen LogP contribution in [0.3, 0.4) is 0 Å². The molecule has 258 valence electrons. The van der Waals surface area contributed by atoms with Gasteiger partial charge in [0.2, 0.25) is 5.91 Å². The minimum Gasteiger partial charge on any atom is -0.400 e. The number of aliphatic hydroxyl groups is 1. The number of benzene rings is 3. The van der Waals surface area contributed by atoms with Gasteiger partial charge in [0.05, 0.1) is 16.7 Å². The standard InChI is InChI=1S/C39H45N5O3.CH4O/c1-4-6-22-42(23-7-5-2)37(46)34-25-28(3)44(41-34)35-18-17-32(40-38(47)39(20-21-39)31-15-9-8-10-16-31)26-33(35)36(45)43-24-19-29-13-11-12-14-30(29)27-43;1-2/h8-18,25-26H,4-7,19-24,27H2,1-3H3,(H,40,47);2H,1H3. The van der Waals surface area contributed by atoms with E-state index in [4.69, 9.17) is 10.2 Å². The first-order valence-corrected chi connectivity index (χ1v) is 17.5. The average molecular weight is 664 g/mol. The molecule has 1 aliphatic carbocycles. The van der Waals surface area contributed by atoms with E-state index in [1.807, 2.05) is 77.4 Å². The molecular weight excluding hydrogens is 614 g/mol. The first kappa shape index (κ1) is 35.5. The van der Waals surface area contributed by atoms with Crippen LogP contribution < -0.4 is 5.32 Å². The lowest BCUT2D eigenvalue weighted by molar-refractivity contribution is -0.118. The van der Waals surface area contributed by atoms with E-state index in [2.05, 4.69) is 31.3 Å². The zero-order chi connectivity index (χ0) is 35.0. The molecule has 0 spiro atoms. The molecule has 6 rings (SSSR count). The SMILES string of the molecule is CCCCN(CCCC)C(=O)c1cc(C)n(-c2ccc(NC(=O)C3(c4ccccc4)CC3)cc2C(=O)N2CCc3ccccc3C2)n1.CO. The van der Waals surface area contributed by atoms with Crippen LogP contribution in [-0.2, 0) is 23.2 Å². The predicted octanol–water partition coefficient (Wildman–Crippen LogP) is 6.70. The summed E-state index contributed by atoms with van der Waals surface area (Å²) in [6.07, 6.45) is 6.23. The van der Waals surface area contributed by atoms with Gasteiger partial charge in [-0.25, -0.2) is 4.68 Å². The Morgan fingerprint density at radius 1 is 0.878 bits per heavy atom. The summed E-state index contributed by atoms with van der Waals surface area (Å²) in [4.78, 5) is 45.4. The van der Waals surface area contributed by atoms with Gasteiger partial charge in [-0.05, 0) is 80.0 Å². The number of aliphatic hydroxyl groups excluding tert-OH is 1. The van der Waals surface area contributed by atoms with Gasteiger partial charge in [0.15, 0.2) is 5.69 Å². The fraction of sp³-hybridized carbons (Fsp3) is 0.400. The van der Waals surface area contributed by atoms with Gasteiger partial charge in [-0.2, -0.15) is 5.10 Å². The van der Waals surface area contributed by atoms with E-state index < -0.39 is 5.41 Å². The molecule has 0 saturated heterocycles. The van der Waals surface area contributed by atoms with E-state index in [0.717, 1.165) is 68.9 Å². The fourth-order valence-corrected chi connectivity index (χ4v) is 6.59. The van der Waals surface area contributed by atoms with Crippen molar-refractivity contribution in [2.24, 2.45) is 0 Å². The molecule has 9 nitrogen and oxygen atoms in total. The molecule has 0 bridgehead atoms. The molecule has 1 aliphatic heterocycles. The van der Waals surface area contributed by atoms with Crippen molar-refractivity contribution < 1.29 is 19.5 Å². The van der Waals surface area contributed by atoms with Crippen molar-refractivity contribution >= 4 is 23.4 Å². The summed E-state index contributed by atoms with van der Waals surface area (Å²) in [7, 11) is 1.00. The highest BCUT2D eigenvalue weighted by molar-refractivity contribution is 6.04. The van der Waals surface area contributed by atoms with Crippen LogP contribution in [0.2, 0.25) is 0 Å². The van der Waals surface area contributed by atoms with E-state index in [1.165, 1.54) is 5.56 Å². The molecule has 3 amide bonds. The van der Waals surface area contributed by atoms with Crippen LogP contribution in [0.5, 0.6) is 0 Å². The number of aromatic nitrogens is 2. The molecule has 1 saturated carbocycles. The second kappa shape index (κ2) is 16.1. The highest BCUT2D eigenvalue weighted by Crippen LogP contribution is 2.49. The molecule has 2 heterocycles. The van der Waals surface area contributed by atoms with Gasteiger partial charge in [0, 0.05) is 44.7 Å². The van der Waals surface area contributed by atoms with Gasteiger partial charge in [0.1, 0.15) is 0 Å². The van der Waals surface area contributed by atoms with Crippen LogP contribution in [0.25, 0.3) is 5.69 Å². The maximum Gasteiger partial charge on any atom is 0.274 e. The second-order valence-corrected chi connectivity index (χ2v) is 13.0. The number of carbonyl (C=O) groups excluding carboxylic acids is 3. The van der Waals surface area contributed by atoms with E-state index in [0.29, 0.717) is 48.8 Å². The van der Waals surface area contributed by atoms with Gasteiger partial charge < -0.3 is 20.2 Å². The van der Waals surface area contributed by atoms with Gasteiger partial charge in [-0.3, -0.25) is 14.4 Å². The lowest BCUT2D eigenvalue weighted by atomic mass is 9.95. The molecule has 0 atom stereocenters. The number of fused-ring (bicyclic) bond motifs is 1. The monoisotopic (exact) mass is 663 g/mol. The van der Waals surface area contributed by atoms with Crippen LogP contribution in [0, 0.1) is 6.92 Å². The summed E-state index contributed by atoms with van der Waals surface area (Å²) in [5.41, 5.74) is 5.57. The highest BCUT2D eigenvalue weighted by Gasteiger charge is 2.51. The Hall–Kier alpha value is -4.76. The van der Waals surface area contributed by atoms with Crippen molar-refractivity contribution in [2.45, 2.75) is 77.7 Å². The molecule has 3 aromatic carbocycles. The largest absolute Gasteiger partial charge is 0.400 e. The van der Waals surface area contributed by atoms with Gasteiger partial charge in [-0.15, -0.1) is 0 Å². The van der Waals surface area contributed by atoms with Gasteiger partial charge >= 0.3 is 0 Å². The number of aryl methyl sites for hydroxylation is 1. The van der Waals surface area contributed by atoms with Crippen LogP contribution >= 0.6 is 0 Å². The lowest BCUT2D eigenvalue weighted by Gasteiger charge is -2.29. The van der Waals surface area contributed by atoms with Crippen LogP contribution in [0.4, 0.5) is 5.69 Å². The summed E-state index contributed by atoms with van der Waals surface area (Å²) < 4.78 is 1.70.